The Kier molecular flexibility index (Phi) is 6.04. The van der Waals surface area contributed by atoms with Crippen molar-refractivity contribution < 1.29 is 19.1 Å². The Bertz CT molecular complexity index is 760. The van der Waals surface area contributed by atoms with Gasteiger partial charge in [0.15, 0.2) is 12.4 Å². The summed E-state index contributed by atoms with van der Waals surface area (Å²) >= 11 is 1.35. The maximum absolute atomic E-state index is 12.2. The summed E-state index contributed by atoms with van der Waals surface area (Å²) in [5.74, 6) is -0.846. The molecule has 0 aliphatic rings. The normalized spacial score (nSPS) is 10.5. The van der Waals surface area contributed by atoms with Gasteiger partial charge in [0.05, 0.1) is 11.3 Å². The highest BCUT2D eigenvalue weighted by atomic mass is 32.1. The molecular weight excluding hydrogens is 324 g/mol. The predicted molar refractivity (Wildman–Crippen MR) is 93.8 cm³/mol. The molecule has 0 N–H and O–H groups in total. The average Bonchev–Trinajstić information content (AvgIpc) is 3.08. The Balaban J connectivity index is 1.84. The number of rotatable bonds is 7. The highest BCUT2D eigenvalue weighted by molar-refractivity contribution is 7.12. The van der Waals surface area contributed by atoms with Crippen LogP contribution in [0.4, 0.5) is 0 Å². The average molecular weight is 344 g/mol. The van der Waals surface area contributed by atoms with Crippen LogP contribution >= 0.6 is 11.3 Å². The molecule has 0 bridgehead atoms. The van der Waals surface area contributed by atoms with Crippen LogP contribution in [0.3, 0.4) is 0 Å². The van der Waals surface area contributed by atoms with Crippen molar-refractivity contribution in [2.75, 3.05) is 6.61 Å². The van der Waals surface area contributed by atoms with Gasteiger partial charge in [0, 0.05) is 12.0 Å². The van der Waals surface area contributed by atoms with Crippen molar-refractivity contribution in [3.8, 4) is 0 Å². The summed E-state index contributed by atoms with van der Waals surface area (Å²) in [6.45, 7) is 5.49. The Labute approximate surface area is 145 Å². The van der Waals surface area contributed by atoms with E-state index in [1.54, 1.807) is 12.1 Å². The number of hydrogen-bond acceptors (Lipinski definition) is 5. The van der Waals surface area contributed by atoms with Gasteiger partial charge in [-0.25, -0.2) is 0 Å². The number of carbonyl (C=O) groups excluding carboxylic acids is 3. The highest BCUT2D eigenvalue weighted by Gasteiger charge is 2.15. The third-order valence-corrected chi connectivity index (χ3v) is 4.77. The van der Waals surface area contributed by atoms with Crippen LogP contribution in [-0.2, 0) is 9.53 Å². The Morgan fingerprint density at radius 3 is 2.33 bits per heavy atom. The molecule has 0 aliphatic heterocycles. The van der Waals surface area contributed by atoms with Crippen molar-refractivity contribution in [1.29, 1.82) is 0 Å². The fourth-order valence-electron chi connectivity index (χ4n) is 2.33. The third-order valence-electron chi connectivity index (χ3n) is 3.86. The molecule has 0 spiro atoms. The van der Waals surface area contributed by atoms with E-state index < -0.39 is 5.97 Å². The minimum absolute atomic E-state index is 0.0179. The molecule has 126 valence electrons. The number of Topliss-reactive ketones (excluding diaryl/α,β-unsaturated/α-hetero) is 2. The smallest absolute Gasteiger partial charge is 0.306 e. The predicted octanol–water partition coefficient (Wildman–Crippen LogP) is 4.06. The van der Waals surface area contributed by atoms with Gasteiger partial charge in [0.25, 0.3) is 0 Å². The fraction of sp³-hybridized carbons (Fsp3) is 0.316. The molecule has 0 fully saturated rings. The van der Waals surface area contributed by atoms with E-state index in [-0.39, 0.29) is 31.0 Å². The van der Waals surface area contributed by atoms with Crippen LogP contribution in [0.25, 0.3) is 0 Å². The first-order valence-electron chi connectivity index (χ1n) is 7.72. The van der Waals surface area contributed by atoms with Crippen molar-refractivity contribution in [2.24, 2.45) is 0 Å². The zero-order valence-corrected chi connectivity index (χ0v) is 14.9. The number of thiophene rings is 1. The van der Waals surface area contributed by atoms with Gasteiger partial charge in [-0.1, -0.05) is 12.1 Å². The summed E-state index contributed by atoms with van der Waals surface area (Å²) in [4.78, 5) is 36.4. The largest absolute Gasteiger partial charge is 0.457 e. The van der Waals surface area contributed by atoms with Gasteiger partial charge in [-0.15, -0.1) is 11.3 Å². The second-order valence-corrected chi connectivity index (χ2v) is 6.68. The number of esters is 1. The molecule has 2 aromatic rings. The molecule has 0 saturated carbocycles. The van der Waals surface area contributed by atoms with E-state index in [9.17, 15) is 14.4 Å². The van der Waals surface area contributed by atoms with Crippen molar-refractivity contribution in [2.45, 2.75) is 33.6 Å². The number of benzene rings is 1. The molecule has 0 amide bonds. The first-order valence-corrected chi connectivity index (χ1v) is 8.60. The summed E-state index contributed by atoms with van der Waals surface area (Å²) in [6, 6.07) is 7.29. The third kappa shape index (κ3) is 4.61. The molecule has 1 aromatic heterocycles. The molecule has 5 heteroatoms. The highest BCUT2D eigenvalue weighted by Crippen LogP contribution is 2.16. The van der Waals surface area contributed by atoms with E-state index in [2.05, 4.69) is 0 Å². The number of carbonyl (C=O) groups is 3. The summed E-state index contributed by atoms with van der Waals surface area (Å²) < 4.78 is 5.01. The van der Waals surface area contributed by atoms with Gasteiger partial charge in [0.2, 0.25) is 5.78 Å². The lowest BCUT2D eigenvalue weighted by Crippen LogP contribution is -2.16. The molecule has 24 heavy (non-hydrogen) atoms. The summed E-state index contributed by atoms with van der Waals surface area (Å²) in [6.07, 6.45) is 0.0755. The molecule has 0 atom stereocenters. The van der Waals surface area contributed by atoms with E-state index in [0.29, 0.717) is 10.4 Å². The molecule has 4 nitrogen and oxygen atoms in total. The number of hydrogen-bond donors (Lipinski definition) is 0. The standard InChI is InChI=1S/C19H20O4S/c1-12-9-14(3)15(10-13(12)2)17(21)11-23-19(22)7-6-16(20)18-5-4-8-24-18/h4-5,8-10H,6-7,11H2,1-3H3. The van der Waals surface area contributed by atoms with Crippen molar-refractivity contribution >= 4 is 28.9 Å². The minimum atomic E-state index is -0.533. The van der Waals surface area contributed by atoms with Crippen molar-refractivity contribution in [3.63, 3.8) is 0 Å². The Morgan fingerprint density at radius 1 is 0.958 bits per heavy atom. The van der Waals surface area contributed by atoms with E-state index in [1.807, 2.05) is 38.3 Å². The first-order chi connectivity index (χ1) is 11.4. The SMILES string of the molecule is Cc1cc(C)c(C(=O)COC(=O)CCC(=O)c2cccs2)cc1C. The summed E-state index contributed by atoms with van der Waals surface area (Å²) in [5, 5.41) is 1.82. The molecule has 0 saturated heterocycles. The van der Waals surface area contributed by atoms with Crippen LogP contribution in [0, 0.1) is 20.8 Å². The zero-order valence-electron chi connectivity index (χ0n) is 14.0. The van der Waals surface area contributed by atoms with Crippen LogP contribution in [0.5, 0.6) is 0 Å². The summed E-state index contributed by atoms with van der Waals surface area (Å²) in [5.41, 5.74) is 3.58. The van der Waals surface area contributed by atoms with Gasteiger partial charge < -0.3 is 4.74 Å². The number of ether oxygens (including phenoxy) is 1. The van der Waals surface area contributed by atoms with Gasteiger partial charge in [-0.3, -0.25) is 14.4 Å². The molecule has 1 aromatic carbocycles. The lowest BCUT2D eigenvalue weighted by molar-refractivity contribution is -0.142. The van der Waals surface area contributed by atoms with E-state index in [0.717, 1.165) is 16.7 Å². The van der Waals surface area contributed by atoms with Crippen molar-refractivity contribution in [3.05, 3.63) is 56.8 Å². The van der Waals surface area contributed by atoms with Crippen molar-refractivity contribution in [1.82, 2.24) is 0 Å². The molecule has 0 unspecified atom stereocenters. The maximum atomic E-state index is 12.2. The van der Waals surface area contributed by atoms with Crippen LogP contribution in [-0.4, -0.2) is 24.1 Å². The van der Waals surface area contributed by atoms with Gasteiger partial charge in [-0.05, 0) is 55.0 Å². The van der Waals surface area contributed by atoms with E-state index in [4.69, 9.17) is 4.74 Å². The first kappa shape index (κ1) is 18.1. The molecule has 2 rings (SSSR count). The van der Waals surface area contributed by atoms with Crippen LogP contribution < -0.4 is 0 Å². The molecule has 0 aliphatic carbocycles. The van der Waals surface area contributed by atoms with Gasteiger partial charge in [-0.2, -0.15) is 0 Å². The summed E-state index contributed by atoms with van der Waals surface area (Å²) in [7, 11) is 0. The van der Waals surface area contributed by atoms with E-state index in [1.165, 1.54) is 11.3 Å². The molecular formula is C19H20O4S. The van der Waals surface area contributed by atoms with E-state index >= 15 is 0 Å². The number of ketones is 2. The lowest BCUT2D eigenvalue weighted by atomic mass is 9.98. The number of aryl methyl sites for hydroxylation is 3. The minimum Gasteiger partial charge on any atom is -0.457 e. The second kappa shape index (κ2) is 8.02. The molecule has 0 radical (unpaired) electrons. The van der Waals surface area contributed by atoms with Crippen LogP contribution in [0.2, 0.25) is 0 Å². The van der Waals surface area contributed by atoms with Gasteiger partial charge in [0.1, 0.15) is 0 Å². The topological polar surface area (TPSA) is 60.4 Å². The van der Waals surface area contributed by atoms with Crippen LogP contribution in [0.15, 0.2) is 29.6 Å². The lowest BCUT2D eigenvalue weighted by Gasteiger charge is -2.09. The quantitative estimate of drug-likeness (QED) is 0.561. The second-order valence-electron chi connectivity index (χ2n) is 5.74. The van der Waals surface area contributed by atoms with Crippen LogP contribution in [0.1, 0.15) is 49.6 Å². The Hall–Kier alpha value is -2.27. The maximum Gasteiger partial charge on any atom is 0.306 e. The van der Waals surface area contributed by atoms with Gasteiger partial charge >= 0.3 is 5.97 Å². The zero-order chi connectivity index (χ0) is 17.7. The monoisotopic (exact) mass is 344 g/mol. The fourth-order valence-corrected chi connectivity index (χ4v) is 3.03. The molecule has 1 heterocycles. The Morgan fingerprint density at radius 2 is 1.67 bits per heavy atom.